The second-order valence-electron chi connectivity index (χ2n) is 3.28. The quantitative estimate of drug-likeness (QED) is 0.826. The Morgan fingerprint density at radius 1 is 1.69 bits per heavy atom. The van der Waals surface area contributed by atoms with Gasteiger partial charge in [0.05, 0.1) is 11.6 Å². The lowest BCUT2D eigenvalue weighted by atomic mass is 9.99. The Balaban J connectivity index is 2.12. The molecule has 0 spiro atoms. The van der Waals surface area contributed by atoms with Crippen LogP contribution in [0.3, 0.4) is 0 Å². The van der Waals surface area contributed by atoms with Crippen LogP contribution in [0.1, 0.15) is 17.3 Å². The van der Waals surface area contributed by atoms with E-state index in [4.69, 9.17) is 22.1 Å². The summed E-state index contributed by atoms with van der Waals surface area (Å²) in [6.45, 7) is 1.61. The maximum absolute atomic E-state index is 6.09. The van der Waals surface area contributed by atoms with E-state index in [1.807, 2.05) is 11.4 Å². The van der Waals surface area contributed by atoms with Crippen molar-refractivity contribution in [2.75, 3.05) is 13.2 Å². The van der Waals surface area contributed by atoms with Gasteiger partial charge in [0.15, 0.2) is 0 Å². The van der Waals surface area contributed by atoms with Gasteiger partial charge in [0.1, 0.15) is 0 Å². The molecule has 2 N–H and O–H groups in total. The summed E-state index contributed by atoms with van der Waals surface area (Å²) in [6.07, 6.45) is 1.05. The molecule has 1 aromatic rings. The van der Waals surface area contributed by atoms with Gasteiger partial charge in [-0.2, -0.15) is 0 Å². The second-order valence-corrected chi connectivity index (χ2v) is 4.64. The van der Waals surface area contributed by atoms with Crippen LogP contribution in [0, 0.1) is 5.92 Å². The summed E-state index contributed by atoms with van der Waals surface area (Å²) >= 11 is 7.63. The van der Waals surface area contributed by atoms with Crippen LogP contribution in [0.4, 0.5) is 0 Å². The molecular weight excluding hydrogens is 206 g/mol. The molecule has 1 fully saturated rings. The van der Waals surface area contributed by atoms with Gasteiger partial charge in [-0.25, -0.2) is 0 Å². The average Bonchev–Trinajstić information content (AvgIpc) is 2.72. The molecule has 1 aliphatic heterocycles. The fourth-order valence-corrected chi connectivity index (χ4v) is 2.87. The zero-order chi connectivity index (χ0) is 9.26. The molecule has 0 aliphatic carbocycles. The molecule has 72 valence electrons. The zero-order valence-corrected chi connectivity index (χ0v) is 8.77. The van der Waals surface area contributed by atoms with Crippen LogP contribution in [-0.2, 0) is 4.74 Å². The second kappa shape index (κ2) is 3.96. The van der Waals surface area contributed by atoms with Crippen LogP contribution in [0.5, 0.6) is 0 Å². The third-order valence-electron chi connectivity index (χ3n) is 2.42. The van der Waals surface area contributed by atoms with Crippen molar-refractivity contribution in [1.82, 2.24) is 0 Å². The number of thiophene rings is 1. The first kappa shape index (κ1) is 9.46. The van der Waals surface area contributed by atoms with E-state index in [2.05, 4.69) is 0 Å². The smallest absolute Gasteiger partial charge is 0.0561 e. The molecule has 0 saturated carbocycles. The molecule has 0 bridgehead atoms. The molecule has 2 heterocycles. The Labute approximate surface area is 86.6 Å². The van der Waals surface area contributed by atoms with Gasteiger partial charge in [-0.15, -0.1) is 11.3 Å². The number of hydrogen-bond acceptors (Lipinski definition) is 3. The first-order valence-corrected chi connectivity index (χ1v) is 5.61. The third kappa shape index (κ3) is 1.89. The summed E-state index contributed by atoms with van der Waals surface area (Å²) in [5, 5.41) is 2.78. The van der Waals surface area contributed by atoms with Crippen LogP contribution < -0.4 is 5.73 Å². The SMILES string of the molecule is NC(c1sccc1Cl)C1CCOC1. The fraction of sp³-hybridized carbons (Fsp3) is 0.556. The van der Waals surface area contributed by atoms with Gasteiger partial charge in [-0.3, -0.25) is 0 Å². The molecule has 2 unspecified atom stereocenters. The van der Waals surface area contributed by atoms with E-state index in [1.54, 1.807) is 11.3 Å². The fourth-order valence-electron chi connectivity index (χ4n) is 1.59. The number of nitrogens with two attached hydrogens (primary N) is 1. The molecule has 2 atom stereocenters. The Kier molecular flexibility index (Phi) is 2.89. The minimum absolute atomic E-state index is 0.0509. The molecule has 4 heteroatoms. The van der Waals surface area contributed by atoms with E-state index >= 15 is 0 Å². The van der Waals surface area contributed by atoms with Crippen molar-refractivity contribution < 1.29 is 4.74 Å². The van der Waals surface area contributed by atoms with Gasteiger partial charge in [-0.1, -0.05) is 11.6 Å². The van der Waals surface area contributed by atoms with Crippen LogP contribution in [0.25, 0.3) is 0 Å². The van der Waals surface area contributed by atoms with Crippen LogP contribution in [0.2, 0.25) is 5.02 Å². The van der Waals surface area contributed by atoms with Crippen LogP contribution in [-0.4, -0.2) is 13.2 Å². The lowest BCUT2D eigenvalue weighted by Crippen LogP contribution is -2.20. The highest BCUT2D eigenvalue weighted by atomic mass is 35.5. The molecule has 0 aromatic carbocycles. The van der Waals surface area contributed by atoms with Gasteiger partial charge in [0, 0.05) is 23.4 Å². The third-order valence-corrected chi connectivity index (χ3v) is 3.88. The van der Waals surface area contributed by atoms with Crippen molar-refractivity contribution >= 4 is 22.9 Å². The standard InChI is InChI=1S/C9H12ClNOS/c10-7-2-4-13-9(7)8(11)6-1-3-12-5-6/h2,4,6,8H,1,3,5,11H2. The maximum Gasteiger partial charge on any atom is 0.0561 e. The van der Waals surface area contributed by atoms with Gasteiger partial charge in [-0.05, 0) is 17.9 Å². The maximum atomic E-state index is 6.09. The summed E-state index contributed by atoms with van der Waals surface area (Å²) in [6, 6.07) is 1.95. The van der Waals surface area contributed by atoms with E-state index in [9.17, 15) is 0 Å². The Morgan fingerprint density at radius 3 is 3.08 bits per heavy atom. The first-order valence-electron chi connectivity index (χ1n) is 4.35. The van der Waals surface area contributed by atoms with E-state index < -0.39 is 0 Å². The predicted molar refractivity (Wildman–Crippen MR) is 55.2 cm³/mol. The van der Waals surface area contributed by atoms with Crippen LogP contribution in [0.15, 0.2) is 11.4 Å². The molecule has 1 aromatic heterocycles. The molecule has 2 nitrogen and oxygen atoms in total. The van der Waals surface area contributed by atoms with E-state index in [1.165, 1.54) is 0 Å². The van der Waals surface area contributed by atoms with Crippen molar-refractivity contribution in [2.24, 2.45) is 11.7 Å². The summed E-state index contributed by atoms with van der Waals surface area (Å²) < 4.78 is 5.30. The van der Waals surface area contributed by atoms with Crippen molar-refractivity contribution in [2.45, 2.75) is 12.5 Å². The molecule has 1 saturated heterocycles. The first-order chi connectivity index (χ1) is 6.29. The number of rotatable bonds is 2. The summed E-state index contributed by atoms with van der Waals surface area (Å²) in [5.74, 6) is 0.441. The minimum Gasteiger partial charge on any atom is -0.381 e. The highest BCUT2D eigenvalue weighted by molar-refractivity contribution is 7.10. The van der Waals surface area contributed by atoms with Gasteiger partial charge in [0.2, 0.25) is 0 Å². The zero-order valence-electron chi connectivity index (χ0n) is 7.20. The van der Waals surface area contributed by atoms with Crippen molar-refractivity contribution in [3.8, 4) is 0 Å². The minimum atomic E-state index is 0.0509. The van der Waals surface area contributed by atoms with Gasteiger partial charge >= 0.3 is 0 Å². The lowest BCUT2D eigenvalue weighted by molar-refractivity contribution is 0.181. The molecule has 1 aliphatic rings. The van der Waals surface area contributed by atoms with E-state index in [0.717, 1.165) is 29.5 Å². The van der Waals surface area contributed by atoms with Gasteiger partial charge < -0.3 is 10.5 Å². The molecular formula is C9H12ClNOS. The monoisotopic (exact) mass is 217 g/mol. The predicted octanol–water partition coefficient (Wildman–Crippen LogP) is 2.44. The Morgan fingerprint density at radius 2 is 2.54 bits per heavy atom. The normalized spacial score (nSPS) is 24.9. The largest absolute Gasteiger partial charge is 0.381 e. The van der Waals surface area contributed by atoms with Crippen molar-refractivity contribution in [3.63, 3.8) is 0 Å². The van der Waals surface area contributed by atoms with Crippen molar-refractivity contribution in [1.29, 1.82) is 0 Å². The molecule has 2 rings (SSSR count). The molecule has 13 heavy (non-hydrogen) atoms. The highest BCUT2D eigenvalue weighted by Gasteiger charge is 2.26. The molecule has 0 radical (unpaired) electrons. The Bertz CT molecular complexity index is 283. The number of ether oxygens (including phenoxy) is 1. The molecule has 0 amide bonds. The van der Waals surface area contributed by atoms with Gasteiger partial charge in [0.25, 0.3) is 0 Å². The lowest BCUT2D eigenvalue weighted by Gasteiger charge is -2.16. The highest BCUT2D eigenvalue weighted by Crippen LogP contribution is 2.34. The summed E-state index contributed by atoms with van der Waals surface area (Å²) in [5.41, 5.74) is 6.09. The topological polar surface area (TPSA) is 35.2 Å². The van der Waals surface area contributed by atoms with Crippen LogP contribution >= 0.6 is 22.9 Å². The van der Waals surface area contributed by atoms with E-state index in [-0.39, 0.29) is 6.04 Å². The summed E-state index contributed by atoms with van der Waals surface area (Å²) in [4.78, 5) is 1.09. The average molecular weight is 218 g/mol. The summed E-state index contributed by atoms with van der Waals surface area (Å²) in [7, 11) is 0. The van der Waals surface area contributed by atoms with Crippen molar-refractivity contribution in [3.05, 3.63) is 21.3 Å². The Hall–Kier alpha value is -0.0900. The number of hydrogen-bond donors (Lipinski definition) is 1. The van der Waals surface area contributed by atoms with E-state index in [0.29, 0.717) is 5.92 Å². The number of halogens is 1.